The fourth-order valence-electron chi connectivity index (χ4n) is 1.62. The van der Waals surface area contributed by atoms with E-state index < -0.39 is 5.69 Å². The van der Waals surface area contributed by atoms with Crippen molar-refractivity contribution in [1.82, 2.24) is 15.2 Å². The second-order valence-electron chi connectivity index (χ2n) is 3.16. The first-order valence-electron chi connectivity index (χ1n) is 4.34. The number of nitrogens with zero attached hydrogens (tertiary/aromatic N) is 6. The van der Waals surface area contributed by atoms with Gasteiger partial charge in [0.2, 0.25) is 0 Å². The molecule has 12 nitrogen and oxygen atoms in total. The first-order chi connectivity index (χ1) is 8.69. The molecule has 1 aromatic heterocycles. The van der Waals surface area contributed by atoms with Gasteiger partial charge in [0.25, 0.3) is 11.0 Å². The van der Waals surface area contributed by atoms with Gasteiger partial charge in [0.05, 0.1) is 0 Å². The van der Waals surface area contributed by atoms with E-state index in [-0.39, 0.29) is 37.6 Å². The van der Waals surface area contributed by atoms with Gasteiger partial charge in [-0.25, -0.2) is 4.63 Å². The van der Waals surface area contributed by atoms with Gasteiger partial charge in [-0.1, -0.05) is 5.16 Å². The Morgan fingerprint density at radius 2 is 2.22 bits per heavy atom. The summed E-state index contributed by atoms with van der Waals surface area (Å²) in [4.78, 5) is 10.8. The summed E-state index contributed by atoms with van der Waals surface area (Å²) in [6, 6.07) is 0. The van der Waals surface area contributed by atoms with Crippen molar-refractivity contribution in [3.8, 4) is 11.4 Å². The molecular formula is C6H2N6O6. The number of rotatable bonds is 1. The molecule has 0 radical (unpaired) electrons. The van der Waals surface area contributed by atoms with Crippen LogP contribution in [0.4, 0.5) is 5.69 Å². The molecule has 0 spiro atoms. The first kappa shape index (κ1) is 10.0. The highest BCUT2D eigenvalue weighted by Gasteiger charge is 2.32. The maximum atomic E-state index is 11.3. The molecule has 2 N–H and O–H groups in total. The number of nitroso groups, excluding NO2 is 1. The average Bonchev–Trinajstić information content (AvgIpc) is 2.93. The zero-order valence-electron chi connectivity index (χ0n) is 8.21. The molecule has 92 valence electrons. The van der Waals surface area contributed by atoms with E-state index in [1.54, 1.807) is 0 Å². The van der Waals surface area contributed by atoms with Crippen LogP contribution in [0.5, 0.6) is 0 Å². The van der Waals surface area contributed by atoms with Crippen LogP contribution in [-0.2, 0) is 0 Å². The second kappa shape index (κ2) is 3.16. The summed E-state index contributed by atoms with van der Waals surface area (Å²) in [6.07, 6.45) is 0. The zero-order valence-corrected chi connectivity index (χ0v) is 8.21. The van der Waals surface area contributed by atoms with E-state index in [1.807, 2.05) is 0 Å². The molecule has 1 aromatic rings. The Morgan fingerprint density at radius 1 is 1.44 bits per heavy atom. The van der Waals surface area contributed by atoms with Gasteiger partial charge in [0.15, 0.2) is 22.4 Å². The molecule has 2 heterocycles. The van der Waals surface area contributed by atoms with Crippen LogP contribution in [0.1, 0.15) is 0 Å². The lowest BCUT2D eigenvalue weighted by Crippen LogP contribution is -2.29. The summed E-state index contributed by atoms with van der Waals surface area (Å²) >= 11 is 0. The molecule has 1 aliphatic carbocycles. The van der Waals surface area contributed by atoms with Crippen molar-refractivity contribution >= 4 is 16.7 Å². The van der Waals surface area contributed by atoms with Crippen molar-refractivity contribution in [2.24, 2.45) is 10.3 Å². The van der Waals surface area contributed by atoms with Crippen molar-refractivity contribution in [3.05, 3.63) is 15.5 Å². The number of benzene rings is 1. The van der Waals surface area contributed by atoms with Crippen LogP contribution in [0.25, 0.3) is 22.4 Å². The van der Waals surface area contributed by atoms with E-state index in [4.69, 9.17) is 5.21 Å². The molecule has 3 rings (SSSR count). The molecule has 0 saturated carbocycles. The van der Waals surface area contributed by atoms with Crippen LogP contribution >= 0.6 is 0 Å². The van der Waals surface area contributed by atoms with E-state index in [9.17, 15) is 15.3 Å². The number of hydrogen-bond acceptors (Lipinski definition) is 10. The molecule has 0 bridgehead atoms. The van der Waals surface area contributed by atoms with E-state index in [2.05, 4.69) is 29.9 Å². The summed E-state index contributed by atoms with van der Waals surface area (Å²) in [5, 5.41) is 41.2. The van der Waals surface area contributed by atoms with Crippen LogP contribution < -0.4 is 10.3 Å². The summed E-state index contributed by atoms with van der Waals surface area (Å²) < 4.78 is 8.64. The molecule has 0 amide bonds. The van der Waals surface area contributed by atoms with E-state index in [0.717, 1.165) is 0 Å². The lowest BCUT2D eigenvalue weighted by atomic mass is 10.1. The monoisotopic (exact) mass is 254 g/mol. The predicted octanol–water partition coefficient (Wildman–Crippen LogP) is -0.719. The minimum atomic E-state index is -0.436. The van der Waals surface area contributed by atoms with Gasteiger partial charge in [-0.2, -0.15) is 0 Å². The number of aromatic nitrogens is 4. The van der Waals surface area contributed by atoms with Gasteiger partial charge in [-0.05, 0) is 20.1 Å². The molecule has 0 atom stereocenters. The van der Waals surface area contributed by atoms with Gasteiger partial charge in [0.1, 0.15) is 0 Å². The summed E-state index contributed by atoms with van der Waals surface area (Å²) in [7, 11) is 0. The van der Waals surface area contributed by atoms with Crippen LogP contribution in [0, 0.1) is 10.1 Å². The standard InChI is InChI=1S/C6H2N6O6/c13-7-1-3-6(12(16)17-9-3)2(8-14)4-5(1)11(15)18-10-4/h13,16H/b7-1+. The number of hydrogen-bond donors (Lipinski definition) is 2. The van der Waals surface area contributed by atoms with Crippen molar-refractivity contribution in [2.75, 3.05) is 0 Å². The number of fused-ring (bicyclic) bond motifs is 2. The van der Waals surface area contributed by atoms with Crippen molar-refractivity contribution < 1.29 is 24.6 Å². The van der Waals surface area contributed by atoms with Crippen LogP contribution in [0.15, 0.2) is 19.6 Å². The third-order valence-corrected chi connectivity index (χ3v) is 2.33. The Labute approximate surface area is 94.7 Å². The Bertz CT molecular complexity index is 797. The second-order valence-corrected chi connectivity index (χ2v) is 3.16. The third kappa shape index (κ3) is 0.977. The summed E-state index contributed by atoms with van der Waals surface area (Å²) in [5.41, 5.74) is -1.66. The quantitative estimate of drug-likeness (QED) is 0.188. The van der Waals surface area contributed by atoms with Crippen LogP contribution in [0.2, 0.25) is 0 Å². The Hall–Kier alpha value is -3.18. The SMILES string of the molecule is O=Nc1c2n(O)onc-2/c(=N\O)c2c1no[n+]2[O-]. The summed E-state index contributed by atoms with van der Waals surface area (Å²) in [6.45, 7) is 0. The van der Waals surface area contributed by atoms with Gasteiger partial charge in [0, 0.05) is 5.16 Å². The highest BCUT2D eigenvalue weighted by Crippen LogP contribution is 2.33. The fourth-order valence-corrected chi connectivity index (χ4v) is 1.62. The molecule has 12 heteroatoms. The molecule has 0 fully saturated rings. The van der Waals surface area contributed by atoms with Crippen molar-refractivity contribution in [3.63, 3.8) is 0 Å². The van der Waals surface area contributed by atoms with Crippen LogP contribution in [-0.4, -0.2) is 25.6 Å². The van der Waals surface area contributed by atoms with Gasteiger partial charge in [-0.3, -0.25) is 4.63 Å². The van der Waals surface area contributed by atoms with Crippen LogP contribution in [0.3, 0.4) is 0 Å². The van der Waals surface area contributed by atoms with Crippen molar-refractivity contribution in [1.29, 1.82) is 0 Å². The molecular weight excluding hydrogens is 252 g/mol. The molecule has 18 heavy (non-hydrogen) atoms. The predicted molar refractivity (Wildman–Crippen MR) is 47.6 cm³/mol. The fraction of sp³-hybridized carbons (Fsp3) is 0. The molecule has 0 saturated heterocycles. The highest BCUT2D eigenvalue weighted by atomic mass is 16.8. The van der Waals surface area contributed by atoms with Gasteiger partial charge in [-0.15, -0.1) is 4.91 Å². The van der Waals surface area contributed by atoms with Crippen molar-refractivity contribution in [2.45, 2.75) is 0 Å². The first-order valence-corrected chi connectivity index (χ1v) is 4.34. The lowest BCUT2D eigenvalue weighted by Gasteiger charge is -1.96. The molecule has 0 unspecified atom stereocenters. The Kier molecular flexibility index (Phi) is 1.76. The van der Waals surface area contributed by atoms with E-state index in [1.165, 1.54) is 0 Å². The molecule has 0 aromatic carbocycles. The minimum Gasteiger partial charge on any atom is -0.410 e. The van der Waals surface area contributed by atoms with E-state index in [0.29, 0.717) is 0 Å². The van der Waals surface area contributed by atoms with Gasteiger partial charge < -0.3 is 15.6 Å². The Morgan fingerprint density at radius 3 is 2.89 bits per heavy atom. The highest BCUT2D eigenvalue weighted by molar-refractivity contribution is 5.94. The van der Waals surface area contributed by atoms with Gasteiger partial charge >= 0.3 is 0 Å². The zero-order chi connectivity index (χ0) is 12.9. The maximum absolute atomic E-state index is 11.3. The van der Waals surface area contributed by atoms with E-state index >= 15 is 0 Å². The topological polar surface area (TPSA) is 166 Å². The molecule has 1 aliphatic heterocycles. The Balaban J connectivity index is 2.73. The largest absolute Gasteiger partial charge is 0.410 e. The molecule has 2 aliphatic rings. The minimum absolute atomic E-state index is 0.0884. The lowest BCUT2D eigenvalue weighted by molar-refractivity contribution is -0.782. The smallest absolute Gasteiger partial charge is 0.282 e. The average molecular weight is 254 g/mol. The summed E-state index contributed by atoms with van der Waals surface area (Å²) in [5.74, 6) is 0. The normalized spacial score (nSPS) is 12.6. The maximum Gasteiger partial charge on any atom is 0.282 e. The third-order valence-electron chi connectivity index (χ3n) is 2.33.